The van der Waals surface area contributed by atoms with E-state index in [1.54, 1.807) is 0 Å². The molecule has 1 amide bonds. The second-order valence-corrected chi connectivity index (χ2v) is 3.67. The minimum absolute atomic E-state index is 0.277. The highest BCUT2D eigenvalue weighted by Gasteiger charge is 2.10. The van der Waals surface area contributed by atoms with Crippen LogP contribution in [0.1, 0.15) is 19.3 Å². The largest absolute Gasteiger partial charge is 0.480 e. The fourth-order valence-corrected chi connectivity index (χ4v) is 1.08. The first-order valence-corrected chi connectivity index (χ1v) is 5.71. The molecule has 16 heavy (non-hydrogen) atoms. The Balaban J connectivity index is 3.33. The van der Waals surface area contributed by atoms with Gasteiger partial charge in [-0.3, -0.25) is 4.79 Å². The van der Waals surface area contributed by atoms with Gasteiger partial charge in [-0.1, -0.05) is 0 Å². The van der Waals surface area contributed by atoms with Crippen molar-refractivity contribution in [3.8, 4) is 0 Å². The topological polar surface area (TPSA) is 102 Å². The molecule has 0 saturated heterocycles. The van der Waals surface area contributed by atoms with Crippen LogP contribution in [0, 0.1) is 0 Å². The molecule has 1 atom stereocenters. The Hall–Kier alpha value is -0.950. The van der Waals surface area contributed by atoms with Gasteiger partial charge >= 0.3 is 12.1 Å². The molecule has 0 aliphatic heterocycles. The van der Waals surface area contributed by atoms with Crippen molar-refractivity contribution >= 4 is 24.7 Å². The highest BCUT2D eigenvalue weighted by atomic mass is 32.1. The van der Waals surface area contributed by atoms with Gasteiger partial charge in [0.05, 0.1) is 0 Å². The summed E-state index contributed by atoms with van der Waals surface area (Å²) in [4.78, 5) is 21.3. The zero-order chi connectivity index (χ0) is 12.4. The van der Waals surface area contributed by atoms with E-state index in [0.29, 0.717) is 31.6 Å². The smallest absolute Gasteiger partial charge is 0.407 e. The van der Waals surface area contributed by atoms with Crippen molar-refractivity contribution in [2.75, 3.05) is 18.9 Å². The molecular formula is C9H18N2O4S. The third kappa shape index (κ3) is 8.37. The number of hydrogen-bond acceptors (Lipinski definition) is 5. The molecule has 0 radical (unpaired) electrons. The number of unbranched alkanes of at least 4 members (excludes halogenated alkanes) is 1. The number of amides is 1. The summed E-state index contributed by atoms with van der Waals surface area (Å²) in [7, 11) is 0. The van der Waals surface area contributed by atoms with Crippen LogP contribution < -0.4 is 11.1 Å². The number of carboxylic acid groups (broad SMARTS) is 1. The molecule has 7 heteroatoms. The fourth-order valence-electron chi connectivity index (χ4n) is 0.993. The van der Waals surface area contributed by atoms with Gasteiger partial charge in [-0.2, -0.15) is 12.6 Å². The molecule has 4 N–H and O–H groups in total. The van der Waals surface area contributed by atoms with Crippen molar-refractivity contribution in [1.82, 2.24) is 5.32 Å². The van der Waals surface area contributed by atoms with E-state index in [2.05, 4.69) is 17.9 Å². The second-order valence-electron chi connectivity index (χ2n) is 3.23. The molecule has 0 spiro atoms. The molecule has 0 bridgehead atoms. The Kier molecular flexibility index (Phi) is 8.74. The Labute approximate surface area is 99.9 Å². The maximum absolute atomic E-state index is 10.9. The molecule has 0 fully saturated rings. The average Bonchev–Trinajstić information content (AvgIpc) is 2.25. The van der Waals surface area contributed by atoms with E-state index in [4.69, 9.17) is 15.6 Å². The van der Waals surface area contributed by atoms with Crippen LogP contribution in [-0.4, -0.2) is 42.1 Å². The predicted molar refractivity (Wildman–Crippen MR) is 62.7 cm³/mol. The number of alkyl carbamates (subject to hydrolysis) is 1. The Morgan fingerprint density at radius 3 is 2.69 bits per heavy atom. The molecule has 0 heterocycles. The molecule has 6 nitrogen and oxygen atoms in total. The zero-order valence-electron chi connectivity index (χ0n) is 9.02. The average molecular weight is 250 g/mol. The molecule has 0 aromatic rings. The SMILES string of the molecule is N[C@@H](CCCCNC(=O)OCCS)C(=O)O. The maximum Gasteiger partial charge on any atom is 0.407 e. The van der Waals surface area contributed by atoms with Crippen LogP contribution in [0.4, 0.5) is 4.79 Å². The molecule has 0 aromatic carbocycles. The third-order valence-corrected chi connectivity index (χ3v) is 2.04. The van der Waals surface area contributed by atoms with E-state index in [1.165, 1.54) is 0 Å². The van der Waals surface area contributed by atoms with E-state index in [1.807, 2.05) is 0 Å². The standard InChI is InChI=1S/C9H18N2O4S/c10-7(8(12)13)3-1-2-4-11-9(14)15-5-6-16/h7,16H,1-6,10H2,(H,11,14)(H,12,13)/t7-/m0/s1. The number of nitrogens with one attached hydrogen (secondary N) is 1. The molecular weight excluding hydrogens is 232 g/mol. The Morgan fingerprint density at radius 1 is 1.44 bits per heavy atom. The van der Waals surface area contributed by atoms with Crippen LogP contribution in [-0.2, 0) is 9.53 Å². The monoisotopic (exact) mass is 250 g/mol. The van der Waals surface area contributed by atoms with E-state index in [-0.39, 0.29) is 6.61 Å². The van der Waals surface area contributed by atoms with Crippen LogP contribution >= 0.6 is 12.6 Å². The molecule has 0 rings (SSSR count). The minimum Gasteiger partial charge on any atom is -0.480 e. The lowest BCUT2D eigenvalue weighted by atomic mass is 10.1. The van der Waals surface area contributed by atoms with Gasteiger partial charge in [-0.05, 0) is 19.3 Å². The first-order chi connectivity index (χ1) is 7.57. The molecule has 94 valence electrons. The van der Waals surface area contributed by atoms with Crippen molar-refractivity contribution in [3.63, 3.8) is 0 Å². The first-order valence-electron chi connectivity index (χ1n) is 5.07. The number of aliphatic carboxylic acids is 1. The predicted octanol–water partition coefficient (Wildman–Crippen LogP) is 0.225. The number of carbonyl (C=O) groups excluding carboxylic acids is 1. The highest BCUT2D eigenvalue weighted by Crippen LogP contribution is 1.98. The van der Waals surface area contributed by atoms with Crippen LogP contribution in [0.5, 0.6) is 0 Å². The summed E-state index contributed by atoms with van der Waals surface area (Å²) >= 11 is 3.89. The van der Waals surface area contributed by atoms with Gasteiger partial charge in [-0.25, -0.2) is 4.79 Å². The fraction of sp³-hybridized carbons (Fsp3) is 0.778. The summed E-state index contributed by atoms with van der Waals surface area (Å²) in [6.45, 7) is 0.733. The molecule has 0 aromatic heterocycles. The Morgan fingerprint density at radius 2 is 2.12 bits per heavy atom. The quantitative estimate of drug-likeness (QED) is 0.365. The molecule has 0 saturated carbocycles. The van der Waals surface area contributed by atoms with E-state index < -0.39 is 18.1 Å². The number of hydrogen-bond donors (Lipinski definition) is 4. The maximum atomic E-state index is 10.9. The van der Waals surface area contributed by atoms with Gasteiger partial charge in [0, 0.05) is 12.3 Å². The van der Waals surface area contributed by atoms with Crippen LogP contribution in [0.2, 0.25) is 0 Å². The number of thiol groups is 1. The lowest BCUT2D eigenvalue weighted by Gasteiger charge is -2.07. The number of carbonyl (C=O) groups is 2. The molecule has 0 unspecified atom stereocenters. The summed E-state index contributed by atoms with van der Waals surface area (Å²) in [6, 6.07) is -0.823. The van der Waals surface area contributed by atoms with Crippen LogP contribution in [0.3, 0.4) is 0 Å². The van der Waals surface area contributed by atoms with E-state index in [0.717, 1.165) is 0 Å². The van der Waals surface area contributed by atoms with E-state index >= 15 is 0 Å². The summed E-state index contributed by atoms with van der Waals surface area (Å²) in [5.41, 5.74) is 5.30. The molecule has 0 aliphatic carbocycles. The van der Waals surface area contributed by atoms with E-state index in [9.17, 15) is 9.59 Å². The Bertz CT molecular complexity index is 226. The molecule has 0 aliphatic rings. The lowest BCUT2D eigenvalue weighted by molar-refractivity contribution is -0.138. The summed E-state index contributed by atoms with van der Waals surface area (Å²) in [6.07, 6.45) is 1.26. The number of carboxylic acids is 1. The van der Waals surface area contributed by atoms with Crippen LogP contribution in [0.15, 0.2) is 0 Å². The minimum atomic E-state index is -0.999. The first kappa shape index (κ1) is 15.0. The van der Waals surface area contributed by atoms with Gasteiger partial charge in [0.25, 0.3) is 0 Å². The third-order valence-electron chi connectivity index (χ3n) is 1.85. The van der Waals surface area contributed by atoms with Crippen molar-refractivity contribution in [1.29, 1.82) is 0 Å². The summed E-state index contributed by atoms with van der Waals surface area (Å²) in [5.74, 6) is -0.512. The van der Waals surface area contributed by atoms with Crippen molar-refractivity contribution in [3.05, 3.63) is 0 Å². The van der Waals surface area contributed by atoms with Gasteiger partial charge in [0.15, 0.2) is 0 Å². The summed E-state index contributed by atoms with van der Waals surface area (Å²) < 4.78 is 4.71. The zero-order valence-corrected chi connectivity index (χ0v) is 9.91. The van der Waals surface area contributed by atoms with Crippen LogP contribution in [0.25, 0.3) is 0 Å². The van der Waals surface area contributed by atoms with Gasteiger partial charge in [0.2, 0.25) is 0 Å². The normalized spacial score (nSPS) is 11.9. The van der Waals surface area contributed by atoms with Crippen molar-refractivity contribution < 1.29 is 19.4 Å². The second kappa shape index (κ2) is 9.29. The number of nitrogens with two attached hydrogens (primary N) is 1. The van der Waals surface area contributed by atoms with Crippen molar-refractivity contribution in [2.45, 2.75) is 25.3 Å². The van der Waals surface area contributed by atoms with Gasteiger partial charge < -0.3 is 20.9 Å². The highest BCUT2D eigenvalue weighted by molar-refractivity contribution is 7.80. The number of ether oxygens (including phenoxy) is 1. The van der Waals surface area contributed by atoms with Crippen molar-refractivity contribution in [2.24, 2.45) is 5.73 Å². The summed E-state index contributed by atoms with van der Waals surface area (Å²) in [5, 5.41) is 11.0. The van der Waals surface area contributed by atoms with Gasteiger partial charge in [0.1, 0.15) is 12.6 Å². The van der Waals surface area contributed by atoms with Gasteiger partial charge in [-0.15, -0.1) is 0 Å². The lowest BCUT2D eigenvalue weighted by Crippen LogP contribution is -2.30. The number of rotatable bonds is 8.